The van der Waals surface area contributed by atoms with Gasteiger partial charge in [0.05, 0.1) is 6.61 Å². The first-order valence-corrected chi connectivity index (χ1v) is 4.46. The van der Waals surface area contributed by atoms with Crippen LogP contribution in [-0.4, -0.2) is 28.3 Å². The zero-order valence-corrected chi connectivity index (χ0v) is 7.39. The van der Waals surface area contributed by atoms with Gasteiger partial charge in [-0.1, -0.05) is 0 Å². The van der Waals surface area contributed by atoms with Crippen molar-refractivity contribution in [2.24, 2.45) is 0 Å². The van der Waals surface area contributed by atoms with E-state index < -0.39 is 11.0 Å². The summed E-state index contributed by atoms with van der Waals surface area (Å²) in [5.41, 5.74) is 0. The van der Waals surface area contributed by atoms with Crippen molar-refractivity contribution in [1.29, 1.82) is 0 Å². The average molecular weight is 177 g/mol. The van der Waals surface area contributed by atoms with Gasteiger partial charge in [-0.2, -0.15) is 0 Å². The fourth-order valence-electron chi connectivity index (χ4n) is 0.963. The van der Waals surface area contributed by atoms with Crippen LogP contribution in [-0.2, 0) is 4.74 Å². The number of thioether (sulfide) groups is 1. The molecule has 5 heteroatoms. The Hall–Kier alpha value is -0.290. The lowest BCUT2D eigenvalue weighted by atomic mass is 10.2. The van der Waals surface area contributed by atoms with Crippen molar-refractivity contribution >= 4 is 11.8 Å². The standard InChI is InChI=1S/C6H11NO3S/c1-5(7(8)9)6(2)10-3-4-11-6/h5H,3-4H2,1-2H3/t5-,6+/m0/s1. The Balaban J connectivity index is 2.63. The fraction of sp³-hybridized carbons (Fsp3) is 1.00. The number of rotatable bonds is 2. The van der Waals surface area contributed by atoms with Gasteiger partial charge in [0.1, 0.15) is 0 Å². The lowest BCUT2D eigenvalue weighted by Crippen LogP contribution is -2.39. The van der Waals surface area contributed by atoms with E-state index in [2.05, 4.69) is 0 Å². The van der Waals surface area contributed by atoms with Crippen LogP contribution < -0.4 is 0 Å². The molecule has 0 aliphatic carbocycles. The normalized spacial score (nSPS) is 33.6. The van der Waals surface area contributed by atoms with Gasteiger partial charge in [0.2, 0.25) is 6.04 Å². The van der Waals surface area contributed by atoms with Crippen LogP contribution in [0.25, 0.3) is 0 Å². The molecule has 0 unspecified atom stereocenters. The molecule has 0 aromatic heterocycles. The van der Waals surface area contributed by atoms with Crippen molar-refractivity contribution < 1.29 is 9.66 Å². The average Bonchev–Trinajstić information content (AvgIpc) is 2.35. The molecule has 1 aliphatic rings. The molecule has 0 aromatic carbocycles. The zero-order valence-electron chi connectivity index (χ0n) is 6.57. The van der Waals surface area contributed by atoms with Gasteiger partial charge in [-0.25, -0.2) is 0 Å². The molecule has 1 rings (SSSR count). The molecule has 1 saturated heterocycles. The minimum Gasteiger partial charge on any atom is -0.357 e. The van der Waals surface area contributed by atoms with Gasteiger partial charge < -0.3 is 4.74 Å². The lowest BCUT2D eigenvalue weighted by Gasteiger charge is -2.22. The smallest absolute Gasteiger partial charge is 0.247 e. The van der Waals surface area contributed by atoms with E-state index in [0.717, 1.165) is 5.75 Å². The second-order valence-corrected chi connectivity index (χ2v) is 4.18. The Morgan fingerprint density at radius 3 is 2.82 bits per heavy atom. The molecular weight excluding hydrogens is 166 g/mol. The molecule has 0 amide bonds. The summed E-state index contributed by atoms with van der Waals surface area (Å²) in [6.07, 6.45) is 0. The summed E-state index contributed by atoms with van der Waals surface area (Å²) >= 11 is 1.52. The van der Waals surface area contributed by atoms with E-state index in [-0.39, 0.29) is 4.92 Å². The van der Waals surface area contributed by atoms with Gasteiger partial charge in [0.25, 0.3) is 0 Å². The van der Waals surface area contributed by atoms with Gasteiger partial charge in [-0.15, -0.1) is 11.8 Å². The van der Waals surface area contributed by atoms with Gasteiger partial charge in [0.15, 0.2) is 4.93 Å². The molecule has 2 atom stereocenters. The second kappa shape index (κ2) is 2.98. The Kier molecular flexibility index (Phi) is 2.39. The number of hydrogen-bond donors (Lipinski definition) is 0. The van der Waals surface area contributed by atoms with E-state index in [9.17, 15) is 10.1 Å². The highest BCUT2D eigenvalue weighted by atomic mass is 32.2. The number of nitrogens with zero attached hydrogens (tertiary/aromatic N) is 1. The summed E-state index contributed by atoms with van der Waals surface area (Å²) < 4.78 is 5.28. The molecule has 4 nitrogen and oxygen atoms in total. The Morgan fingerprint density at radius 2 is 2.45 bits per heavy atom. The van der Waals surface area contributed by atoms with Crippen LogP contribution in [0.2, 0.25) is 0 Å². The number of nitro groups is 1. The quantitative estimate of drug-likeness (QED) is 0.468. The van der Waals surface area contributed by atoms with Crippen molar-refractivity contribution in [3.63, 3.8) is 0 Å². The largest absolute Gasteiger partial charge is 0.357 e. The summed E-state index contributed by atoms with van der Waals surface area (Å²) in [6.45, 7) is 3.98. The van der Waals surface area contributed by atoms with Crippen LogP contribution in [0.4, 0.5) is 0 Å². The Bertz CT molecular complexity index is 167. The molecule has 64 valence electrons. The van der Waals surface area contributed by atoms with E-state index in [1.165, 1.54) is 11.8 Å². The second-order valence-electron chi connectivity index (χ2n) is 2.67. The third kappa shape index (κ3) is 1.65. The summed E-state index contributed by atoms with van der Waals surface area (Å²) in [4.78, 5) is 9.50. The molecule has 11 heavy (non-hydrogen) atoms. The maximum Gasteiger partial charge on any atom is 0.247 e. The van der Waals surface area contributed by atoms with Crippen LogP contribution in [0, 0.1) is 10.1 Å². The highest BCUT2D eigenvalue weighted by Crippen LogP contribution is 2.36. The van der Waals surface area contributed by atoms with Crippen molar-refractivity contribution in [3.05, 3.63) is 10.1 Å². The summed E-state index contributed by atoms with van der Waals surface area (Å²) in [7, 11) is 0. The van der Waals surface area contributed by atoms with Crippen LogP contribution in [0.3, 0.4) is 0 Å². The van der Waals surface area contributed by atoms with Crippen molar-refractivity contribution in [1.82, 2.24) is 0 Å². The van der Waals surface area contributed by atoms with Crippen LogP contribution in [0.15, 0.2) is 0 Å². The van der Waals surface area contributed by atoms with E-state index in [1.54, 1.807) is 13.8 Å². The molecule has 0 bridgehead atoms. The molecule has 0 radical (unpaired) electrons. The fourth-order valence-corrected chi connectivity index (χ4v) is 2.03. The van der Waals surface area contributed by atoms with E-state index >= 15 is 0 Å². The summed E-state index contributed by atoms with van der Waals surface area (Å²) in [6, 6.07) is -0.630. The minimum atomic E-state index is -0.630. The molecule has 0 saturated carbocycles. The number of ether oxygens (including phenoxy) is 1. The third-order valence-corrected chi connectivity index (χ3v) is 3.34. The minimum absolute atomic E-state index is 0.293. The van der Waals surface area contributed by atoms with E-state index in [0.29, 0.717) is 6.61 Å². The molecular formula is C6H11NO3S. The summed E-state index contributed by atoms with van der Waals surface area (Å²) in [5.74, 6) is 0.856. The van der Waals surface area contributed by atoms with Crippen molar-refractivity contribution in [2.75, 3.05) is 12.4 Å². The predicted molar refractivity (Wildman–Crippen MR) is 43.3 cm³/mol. The van der Waals surface area contributed by atoms with Gasteiger partial charge in [-0.05, 0) is 6.92 Å². The third-order valence-electron chi connectivity index (χ3n) is 1.94. The lowest BCUT2D eigenvalue weighted by molar-refractivity contribution is -0.532. The SMILES string of the molecule is C[C@H]([N+](=O)[O-])[C@]1(C)OCCS1. The Morgan fingerprint density at radius 1 is 1.82 bits per heavy atom. The Labute approximate surface area is 69.4 Å². The molecule has 1 fully saturated rings. The molecule has 0 spiro atoms. The van der Waals surface area contributed by atoms with Crippen molar-refractivity contribution in [3.8, 4) is 0 Å². The van der Waals surface area contributed by atoms with Crippen molar-refractivity contribution in [2.45, 2.75) is 24.8 Å². The highest BCUT2D eigenvalue weighted by molar-refractivity contribution is 8.00. The molecule has 1 aliphatic heterocycles. The summed E-state index contributed by atoms with van der Waals surface area (Å²) in [5, 5.41) is 10.4. The van der Waals surface area contributed by atoms with E-state index in [4.69, 9.17) is 4.74 Å². The molecule has 1 heterocycles. The predicted octanol–water partition coefficient (Wildman–Crippen LogP) is 1.13. The van der Waals surface area contributed by atoms with E-state index in [1.807, 2.05) is 0 Å². The maximum atomic E-state index is 10.4. The maximum absolute atomic E-state index is 10.4. The van der Waals surface area contributed by atoms with Gasteiger partial charge in [0, 0.05) is 17.6 Å². The first kappa shape index (κ1) is 8.80. The topological polar surface area (TPSA) is 52.4 Å². The first-order valence-electron chi connectivity index (χ1n) is 3.47. The number of hydrogen-bond acceptors (Lipinski definition) is 4. The molecule has 0 N–H and O–H groups in total. The van der Waals surface area contributed by atoms with Gasteiger partial charge in [-0.3, -0.25) is 10.1 Å². The zero-order chi connectivity index (χ0) is 8.48. The van der Waals surface area contributed by atoms with Gasteiger partial charge >= 0.3 is 0 Å². The highest BCUT2D eigenvalue weighted by Gasteiger charge is 2.43. The molecule has 0 aromatic rings. The first-order chi connectivity index (χ1) is 5.06. The monoisotopic (exact) mass is 177 g/mol. The van der Waals surface area contributed by atoms with Crippen LogP contribution in [0.1, 0.15) is 13.8 Å². The van der Waals surface area contributed by atoms with Crippen LogP contribution >= 0.6 is 11.8 Å². The van der Waals surface area contributed by atoms with Crippen LogP contribution in [0.5, 0.6) is 0 Å².